The molecule has 5 nitrogen and oxygen atoms in total. The van der Waals surface area contributed by atoms with Crippen molar-refractivity contribution >= 4 is 17.7 Å². The van der Waals surface area contributed by atoms with Crippen LogP contribution in [0.4, 0.5) is 5.69 Å². The van der Waals surface area contributed by atoms with Gasteiger partial charge < -0.3 is 19.7 Å². The molecule has 2 aromatic rings. The molecule has 5 heteroatoms. The molecule has 0 unspecified atom stereocenters. The number of carbonyl (C=O) groups is 1. The zero-order valence-corrected chi connectivity index (χ0v) is 16.8. The lowest BCUT2D eigenvalue weighted by Gasteiger charge is -2.49. The Morgan fingerprint density at radius 3 is 2.64 bits per heavy atom. The van der Waals surface area contributed by atoms with Gasteiger partial charge in [-0.05, 0) is 29.8 Å². The minimum Gasteiger partial charge on any atom is -0.497 e. The zero-order chi connectivity index (χ0) is 19.9. The summed E-state index contributed by atoms with van der Waals surface area (Å²) in [6.45, 7) is 5.07. The number of nitrogens with one attached hydrogen (secondary N) is 1. The van der Waals surface area contributed by atoms with E-state index in [9.17, 15) is 4.79 Å². The number of rotatable bonds is 4. The Bertz CT molecular complexity index is 951. The third-order valence-corrected chi connectivity index (χ3v) is 6.08. The third-order valence-electron chi connectivity index (χ3n) is 6.08. The third kappa shape index (κ3) is 2.57. The number of ether oxygens (including phenoxy) is 2. The number of benzene rings is 2. The summed E-state index contributed by atoms with van der Waals surface area (Å²) >= 11 is 0. The van der Waals surface area contributed by atoms with E-state index in [2.05, 4.69) is 54.4 Å². The van der Waals surface area contributed by atoms with Gasteiger partial charge in [-0.15, -0.1) is 0 Å². The van der Waals surface area contributed by atoms with Gasteiger partial charge in [0.15, 0.2) is 0 Å². The Balaban J connectivity index is 1.82. The van der Waals surface area contributed by atoms with Crippen LogP contribution in [-0.4, -0.2) is 32.3 Å². The highest BCUT2D eigenvalue weighted by Crippen LogP contribution is 2.52. The number of amides is 1. The predicted octanol–water partition coefficient (Wildman–Crippen LogP) is 3.73. The molecule has 0 radical (unpaired) electrons. The summed E-state index contributed by atoms with van der Waals surface area (Å²) in [5, 5.41) is 3.29. The number of fused-ring (bicyclic) bond motifs is 3. The van der Waals surface area contributed by atoms with Gasteiger partial charge in [-0.3, -0.25) is 4.79 Å². The first-order chi connectivity index (χ1) is 13.4. The number of methoxy groups -OCH3 is 2. The lowest BCUT2D eigenvalue weighted by Crippen LogP contribution is -2.68. The molecule has 1 N–H and O–H groups in total. The highest BCUT2D eigenvalue weighted by atomic mass is 16.5. The molecule has 1 saturated heterocycles. The van der Waals surface area contributed by atoms with Crippen molar-refractivity contribution in [3.63, 3.8) is 0 Å². The van der Waals surface area contributed by atoms with E-state index in [1.54, 1.807) is 14.2 Å². The van der Waals surface area contributed by atoms with Crippen molar-refractivity contribution in [3.8, 4) is 11.5 Å². The second-order valence-electron chi connectivity index (χ2n) is 7.80. The van der Waals surface area contributed by atoms with Crippen LogP contribution in [0.3, 0.4) is 0 Å². The molecular weight excluding hydrogens is 352 g/mol. The number of nitrogens with zero attached hydrogens (tertiary/aromatic N) is 1. The van der Waals surface area contributed by atoms with Gasteiger partial charge in [-0.2, -0.15) is 0 Å². The van der Waals surface area contributed by atoms with Crippen LogP contribution in [0, 0.1) is 0 Å². The maximum atomic E-state index is 12.5. The Morgan fingerprint density at radius 2 is 1.89 bits per heavy atom. The fourth-order valence-electron chi connectivity index (χ4n) is 4.49. The molecule has 146 valence electrons. The number of carbonyl (C=O) groups excluding carboxylic acids is 1. The normalized spacial score (nSPS) is 22.6. The minimum atomic E-state index is -0.628. The van der Waals surface area contributed by atoms with Crippen LogP contribution < -0.4 is 19.7 Å². The number of para-hydroxylation sites is 1. The lowest BCUT2D eigenvalue weighted by molar-refractivity contribution is -0.124. The number of hydrogen-bond acceptors (Lipinski definition) is 4. The Hall–Kier alpha value is -2.95. The van der Waals surface area contributed by atoms with Gasteiger partial charge in [-0.25, -0.2) is 0 Å². The molecule has 1 amide bonds. The van der Waals surface area contributed by atoms with Crippen molar-refractivity contribution in [2.75, 3.05) is 25.7 Å². The van der Waals surface area contributed by atoms with Crippen LogP contribution >= 0.6 is 0 Å². The molecule has 28 heavy (non-hydrogen) atoms. The molecule has 0 aromatic heterocycles. The van der Waals surface area contributed by atoms with Crippen molar-refractivity contribution in [1.82, 2.24) is 5.32 Å². The fourth-order valence-corrected chi connectivity index (χ4v) is 4.49. The molecule has 4 rings (SSSR count). The second-order valence-corrected chi connectivity index (χ2v) is 7.80. The zero-order valence-electron chi connectivity index (χ0n) is 16.8. The molecule has 0 bridgehead atoms. The van der Waals surface area contributed by atoms with E-state index in [-0.39, 0.29) is 11.3 Å². The summed E-state index contributed by atoms with van der Waals surface area (Å²) in [6.07, 6.45) is 4.63. The Labute approximate surface area is 165 Å². The molecular formula is C23H26N2O3. The molecule has 0 spiro atoms. The van der Waals surface area contributed by atoms with Gasteiger partial charge >= 0.3 is 0 Å². The van der Waals surface area contributed by atoms with Crippen LogP contribution in [0.2, 0.25) is 0 Å². The summed E-state index contributed by atoms with van der Waals surface area (Å²) in [6, 6.07) is 14.1. The molecule has 1 atom stereocenters. The van der Waals surface area contributed by atoms with Crippen molar-refractivity contribution in [2.45, 2.75) is 31.3 Å². The van der Waals surface area contributed by atoms with Gasteiger partial charge in [0, 0.05) is 35.7 Å². The summed E-state index contributed by atoms with van der Waals surface area (Å²) in [5.74, 6) is 1.55. The Kier molecular flexibility index (Phi) is 4.33. The van der Waals surface area contributed by atoms with Gasteiger partial charge in [0.05, 0.1) is 14.2 Å². The molecule has 2 aliphatic heterocycles. The van der Waals surface area contributed by atoms with E-state index in [0.29, 0.717) is 13.0 Å². The summed E-state index contributed by atoms with van der Waals surface area (Å²) in [7, 11) is 3.28. The molecule has 2 heterocycles. The van der Waals surface area contributed by atoms with Crippen LogP contribution in [0.25, 0.3) is 6.08 Å². The average molecular weight is 378 g/mol. The molecule has 2 aromatic carbocycles. The van der Waals surface area contributed by atoms with E-state index < -0.39 is 5.66 Å². The highest BCUT2D eigenvalue weighted by Gasteiger charge is 2.57. The highest BCUT2D eigenvalue weighted by molar-refractivity contribution is 5.84. The summed E-state index contributed by atoms with van der Waals surface area (Å²) in [4.78, 5) is 14.8. The van der Waals surface area contributed by atoms with Gasteiger partial charge in [0.1, 0.15) is 17.2 Å². The first-order valence-corrected chi connectivity index (χ1v) is 9.52. The first-order valence-electron chi connectivity index (χ1n) is 9.52. The molecule has 0 saturated carbocycles. The van der Waals surface area contributed by atoms with E-state index in [4.69, 9.17) is 9.47 Å². The van der Waals surface area contributed by atoms with E-state index >= 15 is 0 Å². The second kappa shape index (κ2) is 6.59. The fraction of sp³-hybridized carbons (Fsp3) is 0.348. The monoisotopic (exact) mass is 378 g/mol. The SMILES string of the molecule is COc1ccc(/C=C/[C@@]23NC(=O)CCN2c2ccccc2C3(C)C)c(OC)c1. The quantitative estimate of drug-likeness (QED) is 0.881. The number of anilines is 1. The lowest BCUT2D eigenvalue weighted by atomic mass is 9.74. The number of hydrogen-bond donors (Lipinski definition) is 1. The van der Waals surface area contributed by atoms with Gasteiger partial charge in [0.2, 0.25) is 5.91 Å². The maximum Gasteiger partial charge on any atom is 0.223 e. The molecule has 2 aliphatic rings. The Morgan fingerprint density at radius 1 is 1.11 bits per heavy atom. The summed E-state index contributed by atoms with van der Waals surface area (Å²) < 4.78 is 10.8. The van der Waals surface area contributed by atoms with E-state index in [1.807, 2.05) is 24.3 Å². The van der Waals surface area contributed by atoms with E-state index in [1.165, 1.54) is 11.3 Å². The summed E-state index contributed by atoms with van der Waals surface area (Å²) in [5.41, 5.74) is 2.43. The van der Waals surface area contributed by atoms with Crippen LogP contribution in [0.1, 0.15) is 31.4 Å². The van der Waals surface area contributed by atoms with Gasteiger partial charge in [-0.1, -0.05) is 38.1 Å². The molecule has 1 fully saturated rings. The maximum absolute atomic E-state index is 12.5. The van der Waals surface area contributed by atoms with Crippen LogP contribution in [0.5, 0.6) is 11.5 Å². The van der Waals surface area contributed by atoms with Crippen LogP contribution in [0.15, 0.2) is 48.5 Å². The van der Waals surface area contributed by atoms with Crippen molar-refractivity contribution < 1.29 is 14.3 Å². The first kappa shape index (κ1) is 18.4. The average Bonchev–Trinajstić information content (AvgIpc) is 2.90. The van der Waals surface area contributed by atoms with E-state index in [0.717, 1.165) is 17.1 Å². The smallest absolute Gasteiger partial charge is 0.223 e. The van der Waals surface area contributed by atoms with Crippen molar-refractivity contribution in [1.29, 1.82) is 0 Å². The standard InChI is InChI=1S/C23H26N2O3/c1-22(2)18-7-5-6-8-19(18)25-14-12-21(26)24-23(22,25)13-11-16-9-10-17(27-3)15-20(16)28-4/h5-11,13,15H,12,14H2,1-4H3,(H,24,26)/b13-11+/t23-/m1/s1. The van der Waals surface area contributed by atoms with Gasteiger partial charge in [0.25, 0.3) is 0 Å². The molecule has 0 aliphatic carbocycles. The largest absolute Gasteiger partial charge is 0.497 e. The predicted molar refractivity (Wildman–Crippen MR) is 111 cm³/mol. The minimum absolute atomic E-state index is 0.0727. The topological polar surface area (TPSA) is 50.8 Å². The van der Waals surface area contributed by atoms with Crippen LogP contribution in [-0.2, 0) is 10.2 Å². The van der Waals surface area contributed by atoms with Crippen molar-refractivity contribution in [2.24, 2.45) is 0 Å². The van der Waals surface area contributed by atoms with Crippen molar-refractivity contribution in [3.05, 3.63) is 59.7 Å².